The predicted octanol–water partition coefficient (Wildman–Crippen LogP) is 3.18. The molecule has 168 valence electrons. The largest absolute Gasteiger partial charge is 0.504 e. The molecule has 2 aromatic carbocycles. The first-order valence-corrected chi connectivity index (χ1v) is 10.9. The van der Waals surface area contributed by atoms with Crippen molar-refractivity contribution in [1.82, 2.24) is 10.2 Å². The highest BCUT2D eigenvalue weighted by Gasteiger charge is 2.26. The average molecular weight is 437 g/mol. The Balaban J connectivity index is 1.47. The van der Waals surface area contributed by atoms with Gasteiger partial charge in [-0.15, -0.1) is 0 Å². The molecule has 2 heterocycles. The maximum atomic E-state index is 13.0. The third-order valence-corrected chi connectivity index (χ3v) is 6.39. The number of nitrogens with one attached hydrogen (secondary N) is 1. The molecule has 1 saturated heterocycles. The van der Waals surface area contributed by atoms with E-state index in [1.165, 1.54) is 17.2 Å². The average Bonchev–Trinajstić information content (AvgIpc) is 2.80. The molecule has 32 heavy (non-hydrogen) atoms. The molecular weight excluding hydrogens is 408 g/mol. The quantitative estimate of drug-likeness (QED) is 0.419. The van der Waals surface area contributed by atoms with E-state index in [4.69, 9.17) is 4.42 Å². The number of likely N-dealkylation sites (tertiary alicyclic amines) is 1. The molecule has 3 aromatic rings. The number of phenolic OH excluding ortho intramolecular Hbond substituents is 2. The maximum Gasteiger partial charge on any atom is 0.340 e. The van der Waals surface area contributed by atoms with Gasteiger partial charge in [-0.3, -0.25) is 4.79 Å². The number of aromatic hydroxyl groups is 2. The normalized spacial score (nSPS) is 14.8. The van der Waals surface area contributed by atoms with Crippen molar-refractivity contribution in [2.75, 3.05) is 20.1 Å². The molecule has 0 spiro atoms. The Kier molecular flexibility index (Phi) is 6.19. The highest BCUT2D eigenvalue weighted by molar-refractivity contribution is 5.89. The summed E-state index contributed by atoms with van der Waals surface area (Å²) in [7, 11) is 1.93. The maximum absolute atomic E-state index is 13.0. The molecule has 0 unspecified atom stereocenters. The summed E-state index contributed by atoms with van der Waals surface area (Å²) < 4.78 is 5.24. The molecule has 0 atom stereocenters. The van der Waals surface area contributed by atoms with Gasteiger partial charge in [0.25, 0.3) is 0 Å². The van der Waals surface area contributed by atoms with Crippen LogP contribution in [0.5, 0.6) is 11.5 Å². The number of fused-ring (bicyclic) bond motifs is 1. The van der Waals surface area contributed by atoms with E-state index in [9.17, 15) is 19.8 Å². The van der Waals surface area contributed by atoms with E-state index in [0.717, 1.165) is 19.4 Å². The monoisotopic (exact) mass is 436 g/mol. The second kappa shape index (κ2) is 9.04. The van der Waals surface area contributed by atoms with Crippen LogP contribution in [0, 0.1) is 6.92 Å². The van der Waals surface area contributed by atoms with E-state index in [-0.39, 0.29) is 29.2 Å². The molecule has 0 bridgehead atoms. The molecule has 1 aromatic heterocycles. The standard InChI is InChI=1S/C25H28N2O5/c1-15-19-6-7-21(28)23(30)24(19)32-25(31)20(15)13-22(29)27-10-8-17(9-11-27)18-5-3-4-16(12-18)14-26-2/h3-7,12,17,26,28,30H,8-11,13-14H2,1-2H3. The van der Waals surface area contributed by atoms with Crippen molar-refractivity contribution in [2.45, 2.75) is 38.6 Å². The summed E-state index contributed by atoms with van der Waals surface area (Å²) in [4.78, 5) is 27.3. The Morgan fingerprint density at radius 2 is 1.94 bits per heavy atom. The zero-order valence-corrected chi connectivity index (χ0v) is 18.4. The van der Waals surface area contributed by atoms with Gasteiger partial charge in [0, 0.05) is 25.0 Å². The summed E-state index contributed by atoms with van der Waals surface area (Å²) in [5, 5.41) is 23.3. The van der Waals surface area contributed by atoms with Gasteiger partial charge in [0.1, 0.15) is 0 Å². The minimum absolute atomic E-state index is 0.0476. The summed E-state index contributed by atoms with van der Waals surface area (Å²) in [6.45, 7) is 3.84. The second-order valence-electron chi connectivity index (χ2n) is 8.41. The summed E-state index contributed by atoms with van der Waals surface area (Å²) in [6, 6.07) is 11.5. The molecule has 0 aliphatic carbocycles. The fraction of sp³-hybridized carbons (Fsp3) is 0.360. The lowest BCUT2D eigenvalue weighted by molar-refractivity contribution is -0.131. The molecule has 0 saturated carbocycles. The van der Waals surface area contributed by atoms with Gasteiger partial charge < -0.3 is 24.8 Å². The highest BCUT2D eigenvalue weighted by Crippen LogP contribution is 2.35. The Bertz CT molecular complexity index is 1210. The number of rotatable bonds is 5. The molecule has 1 aliphatic rings. The van der Waals surface area contributed by atoms with Crippen LogP contribution < -0.4 is 10.9 Å². The fourth-order valence-corrected chi connectivity index (χ4v) is 4.52. The van der Waals surface area contributed by atoms with Crippen LogP contribution in [0.3, 0.4) is 0 Å². The minimum Gasteiger partial charge on any atom is -0.504 e. The molecule has 1 fully saturated rings. The molecule has 1 aliphatic heterocycles. The fourth-order valence-electron chi connectivity index (χ4n) is 4.52. The number of hydrogen-bond donors (Lipinski definition) is 3. The van der Waals surface area contributed by atoms with E-state index in [1.807, 2.05) is 11.9 Å². The van der Waals surface area contributed by atoms with Crippen LogP contribution in [0.25, 0.3) is 11.0 Å². The molecule has 7 heteroatoms. The van der Waals surface area contributed by atoms with Crippen LogP contribution in [-0.4, -0.2) is 41.2 Å². The number of carbonyl (C=O) groups excluding carboxylic acids is 1. The lowest BCUT2D eigenvalue weighted by Gasteiger charge is -2.32. The zero-order valence-electron chi connectivity index (χ0n) is 18.4. The Hall–Kier alpha value is -3.32. The van der Waals surface area contributed by atoms with Crippen LogP contribution in [0.4, 0.5) is 0 Å². The molecular formula is C25H28N2O5. The van der Waals surface area contributed by atoms with Crippen LogP contribution in [0.1, 0.15) is 41.0 Å². The molecule has 1 amide bonds. The predicted molar refractivity (Wildman–Crippen MR) is 122 cm³/mol. The SMILES string of the molecule is CNCc1cccc(C2CCN(C(=O)Cc3c(C)c4ccc(O)c(O)c4oc3=O)CC2)c1. The Morgan fingerprint density at radius 1 is 1.19 bits per heavy atom. The van der Waals surface area contributed by atoms with Gasteiger partial charge in [-0.1, -0.05) is 24.3 Å². The number of aryl methyl sites for hydroxylation is 1. The summed E-state index contributed by atoms with van der Waals surface area (Å²) in [5.74, 6) is -0.520. The number of hydrogen-bond acceptors (Lipinski definition) is 6. The number of nitrogens with zero attached hydrogens (tertiary/aromatic N) is 1. The number of carbonyl (C=O) groups is 1. The van der Waals surface area contributed by atoms with Crippen LogP contribution >= 0.6 is 0 Å². The van der Waals surface area contributed by atoms with Crippen molar-refractivity contribution in [3.8, 4) is 11.5 Å². The smallest absolute Gasteiger partial charge is 0.340 e. The minimum atomic E-state index is -0.666. The molecule has 4 rings (SSSR count). The highest BCUT2D eigenvalue weighted by atomic mass is 16.4. The first-order chi connectivity index (χ1) is 15.4. The van der Waals surface area contributed by atoms with Gasteiger partial charge in [0.15, 0.2) is 11.3 Å². The first-order valence-electron chi connectivity index (χ1n) is 10.9. The molecule has 3 N–H and O–H groups in total. The summed E-state index contributed by atoms with van der Waals surface area (Å²) in [5.41, 5.74) is 2.69. The van der Waals surface area contributed by atoms with Crippen molar-refractivity contribution < 1.29 is 19.4 Å². The molecule has 0 radical (unpaired) electrons. The van der Waals surface area contributed by atoms with Crippen molar-refractivity contribution in [3.63, 3.8) is 0 Å². The van der Waals surface area contributed by atoms with Crippen molar-refractivity contribution in [3.05, 3.63) is 69.1 Å². The van der Waals surface area contributed by atoms with E-state index >= 15 is 0 Å². The van der Waals surface area contributed by atoms with Gasteiger partial charge in [0.2, 0.25) is 11.7 Å². The van der Waals surface area contributed by atoms with Crippen LogP contribution in [0.2, 0.25) is 0 Å². The topological polar surface area (TPSA) is 103 Å². The van der Waals surface area contributed by atoms with E-state index in [0.29, 0.717) is 30.0 Å². The third kappa shape index (κ3) is 4.21. The number of amides is 1. The zero-order chi connectivity index (χ0) is 22.8. The lowest BCUT2D eigenvalue weighted by atomic mass is 9.88. The number of benzene rings is 2. The van der Waals surface area contributed by atoms with E-state index in [1.54, 1.807) is 13.0 Å². The summed E-state index contributed by atoms with van der Waals surface area (Å²) in [6.07, 6.45) is 1.72. The van der Waals surface area contributed by atoms with Crippen LogP contribution in [0.15, 0.2) is 45.6 Å². The lowest BCUT2D eigenvalue weighted by Crippen LogP contribution is -2.39. The second-order valence-corrected chi connectivity index (χ2v) is 8.41. The summed E-state index contributed by atoms with van der Waals surface area (Å²) >= 11 is 0. The Morgan fingerprint density at radius 3 is 2.66 bits per heavy atom. The van der Waals surface area contributed by atoms with Crippen LogP contribution in [-0.2, 0) is 17.8 Å². The Labute approximate surface area is 186 Å². The van der Waals surface area contributed by atoms with Crippen molar-refractivity contribution in [2.24, 2.45) is 0 Å². The van der Waals surface area contributed by atoms with E-state index < -0.39 is 11.4 Å². The van der Waals surface area contributed by atoms with Gasteiger partial charge in [-0.2, -0.15) is 0 Å². The third-order valence-electron chi connectivity index (χ3n) is 6.39. The van der Waals surface area contributed by atoms with Gasteiger partial charge in [-0.05, 0) is 61.6 Å². The van der Waals surface area contributed by atoms with Gasteiger partial charge in [-0.25, -0.2) is 4.79 Å². The number of phenols is 2. The first kappa shape index (κ1) is 21.9. The van der Waals surface area contributed by atoms with E-state index in [2.05, 4.69) is 29.6 Å². The van der Waals surface area contributed by atoms with Gasteiger partial charge >= 0.3 is 5.63 Å². The molecule has 7 nitrogen and oxygen atoms in total. The van der Waals surface area contributed by atoms with Crippen molar-refractivity contribution in [1.29, 1.82) is 0 Å². The van der Waals surface area contributed by atoms with Crippen molar-refractivity contribution >= 4 is 16.9 Å². The number of piperidine rings is 1. The van der Waals surface area contributed by atoms with Gasteiger partial charge in [0.05, 0.1) is 12.0 Å².